The topological polar surface area (TPSA) is 86.3 Å². The Morgan fingerprint density at radius 2 is 1.82 bits per heavy atom. The third kappa shape index (κ3) is 5.34. The number of ether oxygens (including phenoxy) is 2. The Balaban J connectivity index is 2.66. The molecular formula is C16H19N3O3. The maximum absolute atomic E-state index is 12.1. The lowest BCUT2D eigenvalue weighted by Crippen LogP contribution is -2.36. The first kappa shape index (κ1) is 17.3. The fourth-order valence-corrected chi connectivity index (χ4v) is 1.86. The van der Waals surface area contributed by atoms with Crippen molar-refractivity contribution in [1.29, 1.82) is 10.5 Å². The molecule has 116 valence electrons. The number of hydrogen-bond acceptors (Lipinski definition) is 5. The number of methoxy groups -OCH3 is 1. The summed E-state index contributed by atoms with van der Waals surface area (Å²) in [6.45, 7) is 2.37. The molecule has 0 radical (unpaired) electrons. The predicted octanol–water partition coefficient (Wildman–Crippen LogP) is 2.04. The summed E-state index contributed by atoms with van der Waals surface area (Å²) in [6.07, 6.45) is 0.454. The number of aryl methyl sites for hydroxylation is 1. The van der Waals surface area contributed by atoms with Gasteiger partial charge in [-0.2, -0.15) is 10.5 Å². The molecule has 1 aromatic rings. The van der Waals surface area contributed by atoms with Crippen LogP contribution in [0.4, 0.5) is 0 Å². The van der Waals surface area contributed by atoms with Gasteiger partial charge >= 0.3 is 0 Å². The molecule has 22 heavy (non-hydrogen) atoms. The van der Waals surface area contributed by atoms with Crippen LogP contribution in [0.5, 0.6) is 11.5 Å². The number of nitrogens with zero attached hydrogens (tertiary/aromatic N) is 3. The lowest BCUT2D eigenvalue weighted by atomic mass is 10.2. The van der Waals surface area contributed by atoms with Gasteiger partial charge in [-0.3, -0.25) is 4.79 Å². The molecule has 0 aliphatic heterocycles. The maximum Gasteiger partial charge on any atom is 0.260 e. The van der Waals surface area contributed by atoms with Crippen LogP contribution >= 0.6 is 0 Å². The SMILES string of the molecule is COc1cc(C)ccc1OCC(=O)N(CCC#N)CCC#N. The molecule has 0 N–H and O–H groups in total. The van der Waals surface area contributed by atoms with Crippen LogP contribution in [0.25, 0.3) is 0 Å². The van der Waals surface area contributed by atoms with Gasteiger partial charge in [-0.25, -0.2) is 0 Å². The number of rotatable bonds is 8. The quantitative estimate of drug-likeness (QED) is 0.733. The first-order valence-electron chi connectivity index (χ1n) is 6.91. The van der Waals surface area contributed by atoms with Crippen LogP contribution in [0.15, 0.2) is 18.2 Å². The third-order valence-electron chi connectivity index (χ3n) is 3.01. The van der Waals surface area contributed by atoms with Gasteiger partial charge in [0.2, 0.25) is 0 Å². The van der Waals surface area contributed by atoms with Gasteiger partial charge in [0, 0.05) is 13.1 Å². The average Bonchev–Trinajstić information content (AvgIpc) is 2.53. The van der Waals surface area contributed by atoms with Crippen molar-refractivity contribution in [1.82, 2.24) is 4.90 Å². The molecule has 0 bridgehead atoms. The van der Waals surface area contributed by atoms with Crippen molar-refractivity contribution in [2.45, 2.75) is 19.8 Å². The van der Waals surface area contributed by atoms with Crippen molar-refractivity contribution in [3.05, 3.63) is 23.8 Å². The van der Waals surface area contributed by atoms with E-state index in [1.807, 2.05) is 31.2 Å². The van der Waals surface area contributed by atoms with E-state index in [4.69, 9.17) is 20.0 Å². The molecule has 1 amide bonds. The molecule has 0 atom stereocenters. The highest BCUT2D eigenvalue weighted by Crippen LogP contribution is 2.27. The predicted molar refractivity (Wildman–Crippen MR) is 80.3 cm³/mol. The number of amides is 1. The van der Waals surface area contributed by atoms with E-state index < -0.39 is 0 Å². The summed E-state index contributed by atoms with van der Waals surface area (Å²) in [5.41, 5.74) is 1.03. The fraction of sp³-hybridized carbons (Fsp3) is 0.438. The Bertz CT molecular complexity index is 569. The van der Waals surface area contributed by atoms with Crippen molar-refractivity contribution in [3.63, 3.8) is 0 Å². The van der Waals surface area contributed by atoms with E-state index in [1.165, 1.54) is 12.0 Å². The van der Waals surface area contributed by atoms with Crippen molar-refractivity contribution in [2.24, 2.45) is 0 Å². The van der Waals surface area contributed by atoms with E-state index in [0.29, 0.717) is 24.6 Å². The van der Waals surface area contributed by atoms with Crippen LogP contribution in [0, 0.1) is 29.6 Å². The largest absolute Gasteiger partial charge is 0.493 e. The minimum absolute atomic E-state index is 0.156. The van der Waals surface area contributed by atoms with Gasteiger partial charge < -0.3 is 14.4 Å². The Morgan fingerprint density at radius 1 is 1.18 bits per heavy atom. The molecule has 0 aliphatic carbocycles. The monoisotopic (exact) mass is 301 g/mol. The Labute approximate surface area is 130 Å². The minimum Gasteiger partial charge on any atom is -0.493 e. The van der Waals surface area contributed by atoms with Crippen molar-refractivity contribution < 1.29 is 14.3 Å². The summed E-state index contributed by atoms with van der Waals surface area (Å²) in [5, 5.41) is 17.2. The van der Waals surface area contributed by atoms with Crippen LogP contribution < -0.4 is 9.47 Å². The van der Waals surface area contributed by atoms with E-state index in [2.05, 4.69) is 0 Å². The Hall–Kier alpha value is -2.73. The Morgan fingerprint density at radius 3 is 2.36 bits per heavy atom. The molecular weight excluding hydrogens is 282 g/mol. The fourth-order valence-electron chi connectivity index (χ4n) is 1.86. The average molecular weight is 301 g/mol. The van der Waals surface area contributed by atoms with E-state index in [0.717, 1.165) is 5.56 Å². The highest BCUT2D eigenvalue weighted by atomic mass is 16.5. The van der Waals surface area contributed by atoms with Gasteiger partial charge in [0.25, 0.3) is 5.91 Å². The van der Waals surface area contributed by atoms with E-state index in [1.54, 1.807) is 6.07 Å². The number of benzene rings is 1. The molecule has 0 aromatic heterocycles. The van der Waals surface area contributed by atoms with Crippen LogP contribution in [0.2, 0.25) is 0 Å². The lowest BCUT2D eigenvalue weighted by molar-refractivity contribution is -0.133. The molecule has 0 saturated heterocycles. The molecule has 6 heteroatoms. The zero-order valence-corrected chi connectivity index (χ0v) is 12.8. The maximum atomic E-state index is 12.1. The standard InChI is InChI=1S/C16H19N3O3/c1-13-5-6-14(15(11-13)21-2)22-12-16(20)19(9-3-7-17)10-4-8-18/h5-6,11H,3-4,9-10,12H2,1-2H3. The van der Waals surface area contributed by atoms with Crippen molar-refractivity contribution in [3.8, 4) is 23.6 Å². The molecule has 0 heterocycles. The second-order valence-corrected chi connectivity index (χ2v) is 4.64. The summed E-state index contributed by atoms with van der Waals surface area (Å²) in [5.74, 6) is 0.795. The van der Waals surface area contributed by atoms with Gasteiger partial charge in [0.05, 0.1) is 32.1 Å². The first-order chi connectivity index (χ1) is 10.6. The summed E-state index contributed by atoms with van der Waals surface area (Å²) >= 11 is 0. The van der Waals surface area contributed by atoms with E-state index in [-0.39, 0.29) is 25.4 Å². The number of hydrogen-bond donors (Lipinski definition) is 0. The summed E-state index contributed by atoms with van der Waals surface area (Å²) < 4.78 is 10.7. The zero-order valence-electron chi connectivity index (χ0n) is 12.8. The summed E-state index contributed by atoms with van der Waals surface area (Å²) in [6, 6.07) is 9.42. The van der Waals surface area contributed by atoms with Crippen molar-refractivity contribution in [2.75, 3.05) is 26.8 Å². The zero-order chi connectivity index (χ0) is 16.4. The molecule has 0 aliphatic rings. The number of carbonyl (C=O) groups is 1. The van der Waals surface area contributed by atoms with E-state index in [9.17, 15) is 4.79 Å². The second-order valence-electron chi connectivity index (χ2n) is 4.64. The van der Waals surface area contributed by atoms with Gasteiger partial charge in [-0.1, -0.05) is 6.07 Å². The van der Waals surface area contributed by atoms with Crippen molar-refractivity contribution >= 4 is 5.91 Å². The normalized spacial score (nSPS) is 9.45. The van der Waals surface area contributed by atoms with Crippen LogP contribution in [-0.4, -0.2) is 37.6 Å². The number of carbonyl (C=O) groups excluding carboxylic acids is 1. The Kier molecular flexibility index (Phi) is 7.28. The minimum atomic E-state index is -0.256. The number of nitriles is 2. The van der Waals surface area contributed by atoms with Crippen LogP contribution in [-0.2, 0) is 4.79 Å². The molecule has 1 rings (SSSR count). The molecule has 0 saturated carbocycles. The van der Waals surface area contributed by atoms with Crippen LogP contribution in [0.1, 0.15) is 18.4 Å². The molecule has 0 unspecified atom stereocenters. The van der Waals surface area contributed by atoms with Gasteiger partial charge in [-0.15, -0.1) is 0 Å². The molecule has 0 fully saturated rings. The highest BCUT2D eigenvalue weighted by Gasteiger charge is 2.15. The lowest BCUT2D eigenvalue weighted by Gasteiger charge is -2.20. The van der Waals surface area contributed by atoms with E-state index >= 15 is 0 Å². The van der Waals surface area contributed by atoms with Gasteiger partial charge in [0.15, 0.2) is 18.1 Å². The van der Waals surface area contributed by atoms with Gasteiger partial charge in [-0.05, 0) is 24.6 Å². The molecule has 1 aromatic carbocycles. The summed E-state index contributed by atoms with van der Waals surface area (Å²) in [4.78, 5) is 13.6. The second kappa shape index (κ2) is 9.25. The smallest absolute Gasteiger partial charge is 0.260 e. The summed E-state index contributed by atoms with van der Waals surface area (Å²) in [7, 11) is 1.54. The molecule has 6 nitrogen and oxygen atoms in total. The van der Waals surface area contributed by atoms with Crippen LogP contribution in [0.3, 0.4) is 0 Å². The highest BCUT2D eigenvalue weighted by molar-refractivity contribution is 5.77. The van der Waals surface area contributed by atoms with Gasteiger partial charge in [0.1, 0.15) is 0 Å². The first-order valence-corrected chi connectivity index (χ1v) is 6.91. The molecule has 0 spiro atoms. The third-order valence-corrected chi connectivity index (χ3v) is 3.01.